The first-order chi connectivity index (χ1) is 6.65. The number of thioether (sulfide) groups is 1. The van der Waals surface area contributed by atoms with Gasteiger partial charge in [-0.2, -0.15) is 0 Å². The van der Waals surface area contributed by atoms with Gasteiger partial charge in [0, 0.05) is 11.1 Å². The summed E-state index contributed by atoms with van der Waals surface area (Å²) in [5, 5.41) is -0.260. The summed E-state index contributed by atoms with van der Waals surface area (Å²) in [4.78, 5) is 15.8. The Kier molecular flexibility index (Phi) is 3.76. The molecule has 0 aliphatic carbocycles. The van der Waals surface area contributed by atoms with Crippen molar-refractivity contribution in [3.8, 4) is 0 Å². The first-order valence-corrected chi connectivity index (χ1v) is 4.97. The second kappa shape index (κ2) is 4.85. The van der Waals surface area contributed by atoms with E-state index < -0.39 is 0 Å². The molecule has 0 aliphatic heterocycles. The van der Waals surface area contributed by atoms with E-state index in [1.54, 1.807) is 25.4 Å². The molecule has 1 unspecified atom stereocenters. The van der Waals surface area contributed by atoms with E-state index in [0.717, 1.165) is 4.90 Å². The van der Waals surface area contributed by atoms with Crippen LogP contribution in [0.2, 0.25) is 0 Å². The second-order valence-electron chi connectivity index (χ2n) is 2.70. The molecular formula is C9H12N2O2S. The zero-order valence-electron chi connectivity index (χ0n) is 8.06. The van der Waals surface area contributed by atoms with Gasteiger partial charge < -0.3 is 10.5 Å². The Hall–Kier alpha value is -1.23. The third kappa shape index (κ3) is 2.63. The van der Waals surface area contributed by atoms with Gasteiger partial charge in [0.05, 0.1) is 19.0 Å². The molecule has 0 aliphatic rings. The van der Waals surface area contributed by atoms with Crippen molar-refractivity contribution in [3.63, 3.8) is 0 Å². The molecule has 0 aromatic carbocycles. The highest BCUT2D eigenvalue weighted by atomic mass is 32.2. The van der Waals surface area contributed by atoms with Gasteiger partial charge in [-0.3, -0.25) is 9.78 Å². The lowest BCUT2D eigenvalue weighted by Gasteiger charge is -2.09. The maximum atomic E-state index is 11.1. The fourth-order valence-corrected chi connectivity index (χ4v) is 1.81. The van der Waals surface area contributed by atoms with Crippen LogP contribution in [-0.2, 0) is 9.53 Å². The number of nitrogens with zero attached hydrogens (tertiary/aromatic N) is 1. The first kappa shape index (κ1) is 10.8. The highest BCUT2D eigenvalue weighted by Gasteiger charge is 2.15. The Morgan fingerprint density at radius 1 is 1.71 bits per heavy atom. The number of hydrogen-bond acceptors (Lipinski definition) is 5. The number of nitrogens with two attached hydrogens (primary N) is 1. The average molecular weight is 212 g/mol. The fourth-order valence-electron chi connectivity index (χ4n) is 0.906. The van der Waals surface area contributed by atoms with Crippen LogP contribution in [-0.4, -0.2) is 23.3 Å². The van der Waals surface area contributed by atoms with Crippen LogP contribution < -0.4 is 5.73 Å². The van der Waals surface area contributed by atoms with Crippen LogP contribution in [0.5, 0.6) is 0 Å². The number of nitrogen functional groups attached to an aromatic ring is 1. The van der Waals surface area contributed by atoms with Crippen molar-refractivity contribution in [2.75, 3.05) is 12.8 Å². The van der Waals surface area contributed by atoms with E-state index in [1.807, 2.05) is 0 Å². The molecule has 1 aromatic heterocycles. The SMILES string of the molecule is COC(=O)C(C)Sc1ccncc1N. The first-order valence-electron chi connectivity index (χ1n) is 4.09. The molecular weight excluding hydrogens is 200 g/mol. The topological polar surface area (TPSA) is 65.2 Å². The minimum absolute atomic E-state index is 0.258. The number of esters is 1. The van der Waals surface area contributed by atoms with Crippen LogP contribution in [0.15, 0.2) is 23.4 Å². The van der Waals surface area contributed by atoms with Crippen LogP contribution in [0.4, 0.5) is 5.69 Å². The Morgan fingerprint density at radius 3 is 3.00 bits per heavy atom. The predicted molar refractivity (Wildman–Crippen MR) is 56.0 cm³/mol. The van der Waals surface area contributed by atoms with Gasteiger partial charge in [-0.15, -0.1) is 11.8 Å². The van der Waals surface area contributed by atoms with Crippen LogP contribution in [0.25, 0.3) is 0 Å². The van der Waals surface area contributed by atoms with E-state index in [4.69, 9.17) is 5.73 Å². The summed E-state index contributed by atoms with van der Waals surface area (Å²) in [5.41, 5.74) is 6.25. The van der Waals surface area contributed by atoms with Crippen molar-refractivity contribution in [1.29, 1.82) is 0 Å². The van der Waals surface area contributed by atoms with Gasteiger partial charge in [0.15, 0.2) is 0 Å². The number of anilines is 1. The maximum Gasteiger partial charge on any atom is 0.318 e. The summed E-state index contributed by atoms with van der Waals surface area (Å²) in [6.45, 7) is 1.77. The van der Waals surface area contributed by atoms with Gasteiger partial charge in [-0.05, 0) is 13.0 Å². The van der Waals surface area contributed by atoms with Crippen LogP contribution >= 0.6 is 11.8 Å². The summed E-state index contributed by atoms with van der Waals surface area (Å²) in [7, 11) is 1.37. The molecule has 4 nitrogen and oxygen atoms in total. The van der Waals surface area contributed by atoms with Gasteiger partial charge in [0.1, 0.15) is 5.25 Å². The zero-order chi connectivity index (χ0) is 10.6. The van der Waals surface area contributed by atoms with Gasteiger partial charge in [0.25, 0.3) is 0 Å². The van der Waals surface area contributed by atoms with Gasteiger partial charge >= 0.3 is 5.97 Å². The molecule has 2 N–H and O–H groups in total. The summed E-state index contributed by atoms with van der Waals surface area (Å²) in [6.07, 6.45) is 3.20. The number of methoxy groups -OCH3 is 1. The van der Waals surface area contributed by atoms with E-state index in [-0.39, 0.29) is 11.2 Å². The lowest BCUT2D eigenvalue weighted by Crippen LogP contribution is -2.14. The lowest BCUT2D eigenvalue weighted by atomic mass is 10.4. The van der Waals surface area contributed by atoms with Gasteiger partial charge in [0.2, 0.25) is 0 Å². The number of hydrogen-bond donors (Lipinski definition) is 1. The van der Waals surface area contributed by atoms with Gasteiger partial charge in [-0.1, -0.05) is 0 Å². The van der Waals surface area contributed by atoms with Crippen molar-refractivity contribution in [2.45, 2.75) is 17.1 Å². The second-order valence-corrected chi connectivity index (χ2v) is 4.08. The Balaban J connectivity index is 2.69. The van der Waals surface area contributed by atoms with Crippen molar-refractivity contribution < 1.29 is 9.53 Å². The third-order valence-corrected chi connectivity index (χ3v) is 2.82. The van der Waals surface area contributed by atoms with E-state index >= 15 is 0 Å². The molecule has 5 heteroatoms. The van der Waals surface area contributed by atoms with Crippen molar-refractivity contribution >= 4 is 23.4 Å². The highest BCUT2D eigenvalue weighted by molar-refractivity contribution is 8.00. The molecule has 0 saturated heterocycles. The number of carbonyl (C=O) groups excluding carboxylic acids is 1. The molecule has 0 bridgehead atoms. The minimum Gasteiger partial charge on any atom is -0.468 e. The maximum absolute atomic E-state index is 11.1. The zero-order valence-corrected chi connectivity index (χ0v) is 8.88. The van der Waals surface area contributed by atoms with Crippen molar-refractivity contribution in [2.24, 2.45) is 0 Å². The molecule has 0 amide bonds. The molecule has 0 spiro atoms. The molecule has 0 saturated carbocycles. The Bertz CT molecular complexity index is 330. The van der Waals surface area contributed by atoms with Crippen LogP contribution in [0.1, 0.15) is 6.92 Å². The molecule has 1 rings (SSSR count). The standard InChI is InChI=1S/C9H12N2O2S/c1-6(9(12)13-2)14-8-3-4-11-5-7(8)10/h3-6H,10H2,1-2H3. The van der Waals surface area contributed by atoms with Crippen molar-refractivity contribution in [1.82, 2.24) is 4.98 Å². The number of carbonyl (C=O) groups is 1. The molecule has 1 heterocycles. The molecule has 1 atom stereocenters. The smallest absolute Gasteiger partial charge is 0.318 e. The number of rotatable bonds is 3. The quantitative estimate of drug-likeness (QED) is 0.604. The average Bonchev–Trinajstić information content (AvgIpc) is 2.20. The number of pyridine rings is 1. The number of ether oxygens (including phenoxy) is 1. The highest BCUT2D eigenvalue weighted by Crippen LogP contribution is 2.27. The van der Waals surface area contributed by atoms with Crippen molar-refractivity contribution in [3.05, 3.63) is 18.5 Å². The summed E-state index contributed by atoms with van der Waals surface area (Å²) >= 11 is 1.36. The molecule has 76 valence electrons. The van der Waals surface area contributed by atoms with Crippen LogP contribution in [0, 0.1) is 0 Å². The van der Waals surface area contributed by atoms with E-state index in [2.05, 4.69) is 9.72 Å². The summed E-state index contributed by atoms with van der Waals surface area (Å²) in [5.74, 6) is -0.258. The third-order valence-electron chi connectivity index (χ3n) is 1.65. The Morgan fingerprint density at radius 2 is 2.43 bits per heavy atom. The van der Waals surface area contributed by atoms with Crippen LogP contribution in [0.3, 0.4) is 0 Å². The lowest BCUT2D eigenvalue weighted by molar-refractivity contribution is -0.139. The van der Waals surface area contributed by atoms with Gasteiger partial charge in [-0.25, -0.2) is 0 Å². The normalized spacial score (nSPS) is 12.1. The van der Waals surface area contributed by atoms with E-state index in [9.17, 15) is 4.79 Å². The van der Waals surface area contributed by atoms with E-state index in [1.165, 1.54) is 18.9 Å². The molecule has 0 fully saturated rings. The monoisotopic (exact) mass is 212 g/mol. The summed E-state index contributed by atoms with van der Waals surface area (Å²) < 4.78 is 4.61. The summed E-state index contributed by atoms with van der Waals surface area (Å²) in [6, 6.07) is 1.78. The van der Waals surface area contributed by atoms with E-state index in [0.29, 0.717) is 5.69 Å². The number of aromatic nitrogens is 1. The fraction of sp³-hybridized carbons (Fsp3) is 0.333. The largest absolute Gasteiger partial charge is 0.468 e. The minimum atomic E-state index is -0.260. The Labute approximate surface area is 86.8 Å². The molecule has 14 heavy (non-hydrogen) atoms. The predicted octanol–water partition coefficient (Wildman–Crippen LogP) is 1.32. The molecule has 1 aromatic rings. The molecule has 0 radical (unpaired) electrons.